The van der Waals surface area contributed by atoms with E-state index in [1.165, 1.54) is 4.57 Å². The van der Waals surface area contributed by atoms with Gasteiger partial charge < -0.3 is 15.0 Å². The molecule has 1 aliphatic heterocycles. The maximum absolute atomic E-state index is 12.0. The Morgan fingerprint density at radius 3 is 2.77 bits per heavy atom. The van der Waals surface area contributed by atoms with Gasteiger partial charge in [0.25, 0.3) is 5.56 Å². The summed E-state index contributed by atoms with van der Waals surface area (Å²) in [6, 6.07) is 0. The lowest BCUT2D eigenvalue weighted by Gasteiger charge is -2.20. The summed E-state index contributed by atoms with van der Waals surface area (Å²) in [5, 5.41) is 3.31. The molecule has 1 saturated heterocycles. The third kappa shape index (κ3) is 2.84. The number of imidazole rings is 1. The van der Waals surface area contributed by atoms with E-state index in [1.807, 2.05) is 0 Å². The standard InChI is InChI=1S/C14H21N5O3/c1-22-8-2-7-19-12-10(13(20)18-14(19)21)16-11(17-12)9-3-5-15-6-4-9/h9,15H,2-8H2,1H3,(H,16,17)(H,18,20,21). The predicted octanol–water partition coefficient (Wildman–Crippen LogP) is -0.0836. The van der Waals surface area contributed by atoms with Crippen LogP contribution < -0.4 is 16.6 Å². The van der Waals surface area contributed by atoms with E-state index in [-0.39, 0.29) is 0 Å². The van der Waals surface area contributed by atoms with Crippen molar-refractivity contribution in [3.8, 4) is 0 Å². The number of nitrogens with one attached hydrogen (secondary N) is 3. The molecule has 1 fully saturated rings. The third-order valence-electron chi connectivity index (χ3n) is 4.11. The molecule has 0 bridgehead atoms. The average Bonchev–Trinajstić information content (AvgIpc) is 2.97. The van der Waals surface area contributed by atoms with E-state index in [4.69, 9.17) is 4.74 Å². The highest BCUT2D eigenvalue weighted by Crippen LogP contribution is 2.23. The Hall–Kier alpha value is -1.93. The molecule has 0 aromatic carbocycles. The number of hydrogen-bond donors (Lipinski definition) is 3. The Morgan fingerprint density at radius 2 is 2.05 bits per heavy atom. The molecule has 2 aromatic heterocycles. The molecule has 0 spiro atoms. The molecular weight excluding hydrogens is 286 g/mol. The van der Waals surface area contributed by atoms with Crippen molar-refractivity contribution in [3.63, 3.8) is 0 Å². The zero-order chi connectivity index (χ0) is 15.5. The van der Waals surface area contributed by atoms with Crippen LogP contribution >= 0.6 is 0 Å². The smallest absolute Gasteiger partial charge is 0.330 e. The molecular formula is C14H21N5O3. The van der Waals surface area contributed by atoms with Crippen LogP contribution in [0.4, 0.5) is 0 Å². The topological polar surface area (TPSA) is 105 Å². The van der Waals surface area contributed by atoms with E-state index in [0.717, 1.165) is 31.8 Å². The van der Waals surface area contributed by atoms with Crippen LogP contribution in [0.3, 0.4) is 0 Å². The van der Waals surface area contributed by atoms with Crippen molar-refractivity contribution in [2.75, 3.05) is 26.8 Å². The van der Waals surface area contributed by atoms with Gasteiger partial charge in [0.1, 0.15) is 11.3 Å². The number of rotatable bonds is 5. The van der Waals surface area contributed by atoms with Gasteiger partial charge in [-0.15, -0.1) is 0 Å². The quantitative estimate of drug-likeness (QED) is 0.670. The summed E-state index contributed by atoms with van der Waals surface area (Å²) < 4.78 is 6.53. The largest absolute Gasteiger partial charge is 0.385 e. The van der Waals surface area contributed by atoms with Gasteiger partial charge in [-0.25, -0.2) is 9.78 Å². The SMILES string of the molecule is COCCCn1c(=O)[nH]c(=O)c2[nH]c(C3CCNCC3)nc21. The van der Waals surface area contributed by atoms with Crippen molar-refractivity contribution in [3.05, 3.63) is 26.7 Å². The Labute approximate surface area is 126 Å². The van der Waals surface area contributed by atoms with Gasteiger partial charge in [-0.2, -0.15) is 0 Å². The summed E-state index contributed by atoms with van der Waals surface area (Å²) in [5.41, 5.74) is -0.00317. The minimum Gasteiger partial charge on any atom is -0.385 e. The number of nitrogens with zero attached hydrogens (tertiary/aromatic N) is 2. The fourth-order valence-corrected chi connectivity index (χ4v) is 2.92. The van der Waals surface area contributed by atoms with Crippen molar-refractivity contribution >= 4 is 11.2 Å². The number of piperidine rings is 1. The van der Waals surface area contributed by atoms with E-state index in [1.54, 1.807) is 7.11 Å². The fraction of sp³-hybridized carbons (Fsp3) is 0.643. The van der Waals surface area contributed by atoms with E-state index in [9.17, 15) is 9.59 Å². The van der Waals surface area contributed by atoms with Crippen molar-refractivity contribution in [2.24, 2.45) is 0 Å². The second-order valence-corrected chi connectivity index (χ2v) is 5.60. The van der Waals surface area contributed by atoms with Crippen molar-refractivity contribution < 1.29 is 4.74 Å². The monoisotopic (exact) mass is 307 g/mol. The summed E-state index contributed by atoms with van der Waals surface area (Å²) in [4.78, 5) is 34.1. The third-order valence-corrected chi connectivity index (χ3v) is 4.11. The van der Waals surface area contributed by atoms with Crippen LogP contribution in [-0.4, -0.2) is 46.3 Å². The number of fused-ring (bicyclic) bond motifs is 1. The van der Waals surface area contributed by atoms with E-state index < -0.39 is 11.2 Å². The number of aromatic nitrogens is 4. The van der Waals surface area contributed by atoms with Gasteiger partial charge in [0, 0.05) is 26.2 Å². The molecule has 3 rings (SSSR count). The number of methoxy groups -OCH3 is 1. The minimum absolute atomic E-state index is 0.301. The van der Waals surface area contributed by atoms with Gasteiger partial charge in [0.05, 0.1) is 0 Å². The van der Waals surface area contributed by atoms with Crippen molar-refractivity contribution in [2.45, 2.75) is 31.7 Å². The fourth-order valence-electron chi connectivity index (χ4n) is 2.92. The van der Waals surface area contributed by atoms with E-state index in [2.05, 4.69) is 20.3 Å². The van der Waals surface area contributed by atoms with Crippen LogP contribution in [0.25, 0.3) is 11.2 Å². The van der Waals surface area contributed by atoms with Gasteiger partial charge in [-0.1, -0.05) is 0 Å². The average molecular weight is 307 g/mol. The molecule has 22 heavy (non-hydrogen) atoms. The molecule has 3 heterocycles. The number of aromatic amines is 2. The zero-order valence-corrected chi connectivity index (χ0v) is 12.6. The number of ether oxygens (including phenoxy) is 1. The van der Waals surface area contributed by atoms with E-state index in [0.29, 0.717) is 36.7 Å². The highest BCUT2D eigenvalue weighted by atomic mass is 16.5. The molecule has 0 amide bonds. The number of aryl methyl sites for hydroxylation is 1. The van der Waals surface area contributed by atoms with Gasteiger partial charge in [0.15, 0.2) is 5.65 Å². The predicted molar refractivity (Wildman–Crippen MR) is 82.3 cm³/mol. The molecule has 0 unspecified atom stereocenters. The summed E-state index contributed by atoms with van der Waals surface area (Å²) in [5.74, 6) is 1.10. The molecule has 0 radical (unpaired) electrons. The number of H-pyrrole nitrogens is 2. The highest BCUT2D eigenvalue weighted by Gasteiger charge is 2.21. The molecule has 2 aromatic rings. The molecule has 0 atom stereocenters. The first-order valence-electron chi connectivity index (χ1n) is 7.63. The normalized spacial score (nSPS) is 16.4. The Kier molecular flexibility index (Phi) is 4.39. The highest BCUT2D eigenvalue weighted by molar-refractivity contribution is 5.69. The first kappa shape index (κ1) is 15.0. The first-order valence-corrected chi connectivity index (χ1v) is 7.63. The van der Waals surface area contributed by atoms with Crippen LogP contribution in [-0.2, 0) is 11.3 Å². The van der Waals surface area contributed by atoms with Gasteiger partial charge in [0.2, 0.25) is 0 Å². The lowest BCUT2D eigenvalue weighted by Crippen LogP contribution is -2.30. The summed E-state index contributed by atoms with van der Waals surface area (Å²) >= 11 is 0. The second kappa shape index (κ2) is 6.45. The lowest BCUT2D eigenvalue weighted by atomic mass is 9.98. The van der Waals surface area contributed by atoms with Gasteiger partial charge >= 0.3 is 5.69 Å². The van der Waals surface area contributed by atoms with Gasteiger partial charge in [-0.05, 0) is 32.4 Å². The molecule has 0 saturated carbocycles. The first-order chi connectivity index (χ1) is 10.7. The Bertz CT molecular complexity index is 754. The molecule has 8 heteroatoms. The van der Waals surface area contributed by atoms with Crippen molar-refractivity contribution in [1.82, 2.24) is 24.8 Å². The van der Waals surface area contributed by atoms with E-state index >= 15 is 0 Å². The summed E-state index contributed by atoms with van der Waals surface area (Å²) in [6.07, 6.45) is 2.64. The second-order valence-electron chi connectivity index (χ2n) is 5.60. The molecule has 120 valence electrons. The Morgan fingerprint density at radius 1 is 1.27 bits per heavy atom. The maximum atomic E-state index is 12.0. The minimum atomic E-state index is -0.419. The van der Waals surface area contributed by atoms with Crippen LogP contribution in [0.2, 0.25) is 0 Å². The van der Waals surface area contributed by atoms with Gasteiger partial charge in [-0.3, -0.25) is 14.3 Å². The molecule has 1 aliphatic rings. The van der Waals surface area contributed by atoms with Crippen LogP contribution in [0.1, 0.15) is 31.0 Å². The number of hydrogen-bond acceptors (Lipinski definition) is 5. The van der Waals surface area contributed by atoms with Crippen LogP contribution in [0.5, 0.6) is 0 Å². The maximum Gasteiger partial charge on any atom is 0.330 e. The molecule has 0 aliphatic carbocycles. The van der Waals surface area contributed by atoms with Crippen LogP contribution in [0.15, 0.2) is 9.59 Å². The molecule has 3 N–H and O–H groups in total. The Balaban J connectivity index is 2.01. The van der Waals surface area contributed by atoms with Crippen molar-refractivity contribution in [1.29, 1.82) is 0 Å². The van der Waals surface area contributed by atoms with Crippen LogP contribution in [0, 0.1) is 0 Å². The summed E-state index contributed by atoms with van der Waals surface area (Å²) in [6.45, 7) is 2.91. The molecule has 8 nitrogen and oxygen atoms in total. The summed E-state index contributed by atoms with van der Waals surface area (Å²) in [7, 11) is 1.62. The lowest BCUT2D eigenvalue weighted by molar-refractivity contribution is 0.190. The zero-order valence-electron chi connectivity index (χ0n) is 12.6.